The van der Waals surface area contributed by atoms with E-state index in [0.29, 0.717) is 0 Å². The highest BCUT2D eigenvalue weighted by Crippen LogP contribution is 2.15. The van der Waals surface area contributed by atoms with Crippen molar-refractivity contribution in [3.8, 4) is 0 Å². The van der Waals surface area contributed by atoms with Crippen LogP contribution in [0.2, 0.25) is 0 Å². The Bertz CT molecular complexity index is 486. The molecule has 0 aliphatic rings. The quantitative estimate of drug-likeness (QED) is 0.816. The number of aromatic nitrogens is 2. The highest BCUT2D eigenvalue weighted by molar-refractivity contribution is 7.09. The molecule has 0 amide bonds. The van der Waals surface area contributed by atoms with Gasteiger partial charge in [-0.3, -0.25) is 0 Å². The van der Waals surface area contributed by atoms with Crippen molar-refractivity contribution < 1.29 is 5.11 Å². The van der Waals surface area contributed by atoms with Gasteiger partial charge in [0.25, 0.3) is 0 Å². The van der Waals surface area contributed by atoms with Gasteiger partial charge in [-0.25, -0.2) is 4.98 Å². The Morgan fingerprint density at radius 1 is 1.32 bits per heavy atom. The number of rotatable bonds is 7. The van der Waals surface area contributed by atoms with Gasteiger partial charge in [0.05, 0.1) is 12.6 Å². The Morgan fingerprint density at radius 3 is 2.79 bits per heavy atom. The van der Waals surface area contributed by atoms with E-state index in [4.69, 9.17) is 0 Å². The molecule has 0 aliphatic heterocycles. The summed E-state index contributed by atoms with van der Waals surface area (Å²) in [7, 11) is 0. The van der Waals surface area contributed by atoms with E-state index < -0.39 is 0 Å². The maximum atomic E-state index is 9.45. The van der Waals surface area contributed by atoms with Crippen LogP contribution in [0.5, 0.6) is 0 Å². The Hall–Kier alpha value is -1.46. The molecule has 4 nitrogen and oxygen atoms in total. The molecule has 19 heavy (non-hydrogen) atoms. The molecule has 0 radical (unpaired) electrons. The molecule has 0 saturated carbocycles. The van der Waals surface area contributed by atoms with E-state index in [1.54, 1.807) is 0 Å². The average molecular weight is 277 g/mol. The normalized spacial score (nSPS) is 12.3. The van der Waals surface area contributed by atoms with Gasteiger partial charge < -0.3 is 10.4 Å². The zero-order chi connectivity index (χ0) is 13.5. The number of hydrogen-bond donors (Lipinski definition) is 2. The smallest absolute Gasteiger partial charge is 0.202 e. The first kappa shape index (κ1) is 14.0. The van der Waals surface area contributed by atoms with E-state index in [2.05, 4.69) is 33.7 Å². The molecule has 2 rings (SSSR count). The molecular weight excluding hydrogens is 258 g/mol. The van der Waals surface area contributed by atoms with Crippen LogP contribution in [0, 0.1) is 0 Å². The molecule has 1 atom stereocenters. The molecule has 102 valence electrons. The van der Waals surface area contributed by atoms with Crippen molar-refractivity contribution in [3.63, 3.8) is 0 Å². The minimum atomic E-state index is -0.0233. The van der Waals surface area contributed by atoms with E-state index in [1.807, 2.05) is 18.2 Å². The standard InChI is InChI=1S/C14H19N3OS/c1-2-6-13-16-14(19-17-13)15-12(10-18)9-11-7-4-3-5-8-11/h3-5,7-8,12,18H,2,6,9-10H2,1H3,(H,15,16,17). The van der Waals surface area contributed by atoms with Gasteiger partial charge in [-0.2, -0.15) is 4.37 Å². The van der Waals surface area contributed by atoms with Gasteiger partial charge >= 0.3 is 0 Å². The predicted molar refractivity (Wildman–Crippen MR) is 78.5 cm³/mol. The second-order valence-corrected chi connectivity index (χ2v) is 5.23. The summed E-state index contributed by atoms with van der Waals surface area (Å²) in [6.07, 6.45) is 2.73. The lowest BCUT2D eigenvalue weighted by Crippen LogP contribution is -2.26. The first-order chi connectivity index (χ1) is 9.31. The summed E-state index contributed by atoms with van der Waals surface area (Å²) in [5.74, 6) is 0.881. The fourth-order valence-electron chi connectivity index (χ4n) is 1.87. The highest BCUT2D eigenvalue weighted by Gasteiger charge is 2.11. The Kier molecular flexibility index (Phi) is 5.30. The van der Waals surface area contributed by atoms with Crippen LogP contribution in [0.3, 0.4) is 0 Å². The first-order valence-electron chi connectivity index (χ1n) is 6.55. The van der Waals surface area contributed by atoms with Crippen LogP contribution in [0.25, 0.3) is 0 Å². The van der Waals surface area contributed by atoms with Gasteiger partial charge in [-0.15, -0.1) is 0 Å². The van der Waals surface area contributed by atoms with Crippen molar-refractivity contribution in [1.29, 1.82) is 0 Å². The van der Waals surface area contributed by atoms with E-state index >= 15 is 0 Å². The highest BCUT2D eigenvalue weighted by atomic mass is 32.1. The van der Waals surface area contributed by atoms with Crippen LogP contribution < -0.4 is 5.32 Å². The molecule has 0 aliphatic carbocycles. The molecule has 1 aromatic carbocycles. The van der Waals surface area contributed by atoms with Gasteiger partial charge in [0.2, 0.25) is 5.13 Å². The predicted octanol–water partition coefficient (Wildman–Crippen LogP) is 2.51. The molecule has 2 aromatic rings. The van der Waals surface area contributed by atoms with Crippen LogP contribution in [0.15, 0.2) is 30.3 Å². The molecule has 0 saturated heterocycles. The fourth-order valence-corrected chi connectivity index (χ4v) is 2.56. The molecule has 1 aromatic heterocycles. The Balaban J connectivity index is 1.94. The summed E-state index contributed by atoms with van der Waals surface area (Å²) in [5, 5.41) is 13.5. The molecule has 1 heterocycles. The van der Waals surface area contributed by atoms with E-state index in [9.17, 15) is 5.11 Å². The topological polar surface area (TPSA) is 58.0 Å². The summed E-state index contributed by atoms with van der Waals surface area (Å²) < 4.78 is 4.29. The molecule has 2 N–H and O–H groups in total. The molecule has 5 heteroatoms. The Morgan fingerprint density at radius 2 is 2.11 bits per heavy atom. The number of anilines is 1. The lowest BCUT2D eigenvalue weighted by atomic mass is 10.1. The second-order valence-electron chi connectivity index (χ2n) is 4.48. The maximum Gasteiger partial charge on any atom is 0.202 e. The number of nitrogens with zero attached hydrogens (tertiary/aromatic N) is 2. The van der Waals surface area contributed by atoms with E-state index in [0.717, 1.165) is 30.2 Å². The molecule has 1 unspecified atom stereocenters. The van der Waals surface area contributed by atoms with Crippen molar-refractivity contribution in [1.82, 2.24) is 9.36 Å². The number of benzene rings is 1. The van der Waals surface area contributed by atoms with E-state index in [-0.39, 0.29) is 12.6 Å². The van der Waals surface area contributed by atoms with Crippen molar-refractivity contribution in [2.24, 2.45) is 0 Å². The number of aliphatic hydroxyl groups is 1. The summed E-state index contributed by atoms with van der Waals surface area (Å²) in [6, 6.07) is 10.1. The number of nitrogens with one attached hydrogen (secondary N) is 1. The van der Waals surface area contributed by atoms with Gasteiger partial charge in [0.15, 0.2) is 0 Å². The first-order valence-corrected chi connectivity index (χ1v) is 7.33. The molecule has 0 bridgehead atoms. The maximum absolute atomic E-state index is 9.45. The number of aliphatic hydroxyl groups excluding tert-OH is 1. The third kappa shape index (κ3) is 4.29. The molecule has 0 spiro atoms. The summed E-state index contributed by atoms with van der Waals surface area (Å²) in [6.45, 7) is 2.19. The number of hydrogen-bond acceptors (Lipinski definition) is 5. The van der Waals surface area contributed by atoms with Crippen molar-refractivity contribution in [2.75, 3.05) is 11.9 Å². The lowest BCUT2D eigenvalue weighted by Gasteiger charge is -2.15. The lowest BCUT2D eigenvalue weighted by molar-refractivity contribution is 0.273. The van der Waals surface area contributed by atoms with Crippen LogP contribution >= 0.6 is 11.5 Å². The van der Waals surface area contributed by atoms with E-state index in [1.165, 1.54) is 17.1 Å². The minimum absolute atomic E-state index is 0.0233. The summed E-state index contributed by atoms with van der Waals surface area (Å²) in [4.78, 5) is 4.41. The van der Waals surface area contributed by atoms with Gasteiger partial charge in [0, 0.05) is 18.0 Å². The fraction of sp³-hybridized carbons (Fsp3) is 0.429. The third-order valence-electron chi connectivity index (χ3n) is 2.81. The minimum Gasteiger partial charge on any atom is -0.394 e. The second kappa shape index (κ2) is 7.21. The van der Waals surface area contributed by atoms with Crippen LogP contribution in [0.4, 0.5) is 5.13 Å². The van der Waals surface area contributed by atoms with Crippen molar-refractivity contribution >= 4 is 16.7 Å². The largest absolute Gasteiger partial charge is 0.394 e. The van der Waals surface area contributed by atoms with Gasteiger partial charge in [0.1, 0.15) is 5.82 Å². The van der Waals surface area contributed by atoms with Gasteiger partial charge in [-0.05, 0) is 18.4 Å². The SMILES string of the molecule is CCCc1nsc(NC(CO)Cc2ccccc2)n1. The zero-order valence-corrected chi connectivity index (χ0v) is 11.9. The monoisotopic (exact) mass is 277 g/mol. The summed E-state index contributed by atoms with van der Waals surface area (Å²) >= 11 is 1.36. The zero-order valence-electron chi connectivity index (χ0n) is 11.0. The average Bonchev–Trinajstić information content (AvgIpc) is 2.87. The van der Waals surface area contributed by atoms with Crippen LogP contribution in [0.1, 0.15) is 24.7 Å². The van der Waals surface area contributed by atoms with Crippen molar-refractivity contribution in [3.05, 3.63) is 41.7 Å². The van der Waals surface area contributed by atoms with Crippen LogP contribution in [-0.2, 0) is 12.8 Å². The third-order valence-corrected chi connectivity index (χ3v) is 3.50. The summed E-state index contributed by atoms with van der Waals surface area (Å²) in [5.41, 5.74) is 1.20. The van der Waals surface area contributed by atoms with Crippen molar-refractivity contribution in [2.45, 2.75) is 32.2 Å². The van der Waals surface area contributed by atoms with Gasteiger partial charge in [-0.1, -0.05) is 37.3 Å². The molecular formula is C14H19N3OS. The van der Waals surface area contributed by atoms with Crippen LogP contribution in [-0.4, -0.2) is 27.1 Å². The Labute approximate surface area is 117 Å². The number of aryl methyl sites for hydroxylation is 1. The molecule has 0 fully saturated rings.